The maximum absolute atomic E-state index is 13.2. The van der Waals surface area contributed by atoms with Crippen LogP contribution < -0.4 is 10.1 Å². The van der Waals surface area contributed by atoms with Gasteiger partial charge in [-0.2, -0.15) is 0 Å². The lowest BCUT2D eigenvalue weighted by Crippen LogP contribution is -2.59. The molecule has 4 fully saturated rings. The van der Waals surface area contributed by atoms with Crippen LogP contribution in [-0.4, -0.2) is 61.4 Å². The summed E-state index contributed by atoms with van der Waals surface area (Å²) in [7, 11) is 3.44. The Labute approximate surface area is 160 Å². The highest BCUT2D eigenvalue weighted by Gasteiger charge is 2.41. The Balaban J connectivity index is 1.53. The third kappa shape index (κ3) is 3.55. The van der Waals surface area contributed by atoms with E-state index in [1.165, 1.54) is 12.8 Å². The van der Waals surface area contributed by atoms with E-state index in [4.69, 9.17) is 4.74 Å². The molecule has 4 saturated heterocycles. The van der Waals surface area contributed by atoms with E-state index in [9.17, 15) is 9.59 Å². The van der Waals surface area contributed by atoms with E-state index >= 15 is 0 Å². The largest absolute Gasteiger partial charge is 0.497 e. The van der Waals surface area contributed by atoms with Gasteiger partial charge in [0.25, 0.3) is 0 Å². The summed E-state index contributed by atoms with van der Waals surface area (Å²) < 4.78 is 5.24. The molecule has 2 amide bonds. The maximum atomic E-state index is 13.2. The molecule has 0 aromatic heterocycles. The van der Waals surface area contributed by atoms with Crippen LogP contribution in [0, 0.1) is 11.8 Å². The van der Waals surface area contributed by atoms with E-state index in [1.807, 2.05) is 31.3 Å². The number of likely N-dealkylation sites (tertiary alicyclic amines) is 1. The smallest absolute Gasteiger partial charge is 0.225 e. The summed E-state index contributed by atoms with van der Waals surface area (Å²) in [6, 6.07) is 7.74. The third-order valence-electron chi connectivity index (χ3n) is 6.64. The van der Waals surface area contributed by atoms with Crippen LogP contribution in [0.5, 0.6) is 5.75 Å². The number of nitrogens with zero attached hydrogens (tertiary/aromatic N) is 2. The van der Waals surface area contributed by atoms with Crippen molar-refractivity contribution in [2.45, 2.75) is 37.8 Å². The molecule has 0 spiro atoms. The zero-order valence-corrected chi connectivity index (χ0v) is 16.2. The van der Waals surface area contributed by atoms with Crippen LogP contribution >= 0.6 is 0 Å². The van der Waals surface area contributed by atoms with Gasteiger partial charge in [-0.1, -0.05) is 12.1 Å². The molecule has 1 aromatic carbocycles. The van der Waals surface area contributed by atoms with Crippen LogP contribution in [-0.2, 0) is 9.59 Å². The Hall–Kier alpha value is -2.08. The van der Waals surface area contributed by atoms with Gasteiger partial charge >= 0.3 is 0 Å². The highest BCUT2D eigenvalue weighted by Crippen LogP contribution is 2.37. The summed E-state index contributed by atoms with van der Waals surface area (Å²) in [5.74, 6) is 1.35. The second kappa shape index (κ2) is 7.50. The fourth-order valence-corrected chi connectivity index (χ4v) is 4.99. The van der Waals surface area contributed by atoms with Crippen molar-refractivity contribution < 1.29 is 14.3 Å². The van der Waals surface area contributed by atoms with Crippen molar-refractivity contribution in [3.8, 4) is 5.75 Å². The van der Waals surface area contributed by atoms with Crippen molar-refractivity contribution in [2.75, 3.05) is 33.8 Å². The van der Waals surface area contributed by atoms with Crippen LogP contribution in [0.15, 0.2) is 24.3 Å². The summed E-state index contributed by atoms with van der Waals surface area (Å²) >= 11 is 0. The fourth-order valence-electron chi connectivity index (χ4n) is 4.99. The number of benzene rings is 1. The van der Waals surface area contributed by atoms with Gasteiger partial charge in [-0.25, -0.2) is 0 Å². The zero-order chi connectivity index (χ0) is 19.0. The summed E-state index contributed by atoms with van der Waals surface area (Å²) in [6.45, 7) is 3.28. The van der Waals surface area contributed by atoms with Crippen LogP contribution in [0.25, 0.3) is 0 Å². The topological polar surface area (TPSA) is 61.9 Å². The van der Waals surface area contributed by atoms with Gasteiger partial charge in [0.05, 0.1) is 19.1 Å². The van der Waals surface area contributed by atoms with Crippen molar-refractivity contribution in [1.29, 1.82) is 0 Å². The number of hydrogen-bond acceptors (Lipinski definition) is 4. The Morgan fingerprint density at radius 3 is 2.44 bits per heavy atom. The van der Waals surface area contributed by atoms with Crippen molar-refractivity contribution in [1.82, 2.24) is 15.1 Å². The van der Waals surface area contributed by atoms with Gasteiger partial charge in [0.2, 0.25) is 11.8 Å². The van der Waals surface area contributed by atoms with Gasteiger partial charge in [-0.3, -0.25) is 9.59 Å². The summed E-state index contributed by atoms with van der Waals surface area (Å²) in [5, 5.41) is 3.33. The second-order valence-corrected chi connectivity index (χ2v) is 8.12. The van der Waals surface area contributed by atoms with Gasteiger partial charge < -0.3 is 19.9 Å². The molecule has 4 aliphatic rings. The summed E-state index contributed by atoms with van der Waals surface area (Å²) in [6.07, 6.45) is 3.39. The van der Waals surface area contributed by atoms with E-state index in [-0.39, 0.29) is 29.8 Å². The van der Waals surface area contributed by atoms with Crippen LogP contribution in [0.4, 0.5) is 0 Å². The lowest BCUT2D eigenvalue weighted by molar-refractivity contribution is -0.142. The third-order valence-corrected chi connectivity index (χ3v) is 6.64. The summed E-state index contributed by atoms with van der Waals surface area (Å²) in [4.78, 5) is 29.7. The Kier molecular flexibility index (Phi) is 5.08. The highest BCUT2D eigenvalue weighted by atomic mass is 16.5. The minimum absolute atomic E-state index is 0.0916. The van der Waals surface area contributed by atoms with Crippen molar-refractivity contribution in [2.24, 2.45) is 11.8 Å². The molecule has 4 aliphatic heterocycles. The molecule has 3 unspecified atom stereocenters. The predicted molar refractivity (Wildman–Crippen MR) is 102 cm³/mol. The standard InChI is InChI=1S/C21H29N3O3/c1-23-19(25)8-7-17(20(23)15-3-5-16(27-2)6-4-15)21(26)22-18-13-24-11-9-14(18)10-12-24/h3-6,14,17-18,20H,7-13H2,1-2H3,(H,22,26). The lowest BCUT2D eigenvalue weighted by atomic mass is 9.81. The second-order valence-electron chi connectivity index (χ2n) is 8.12. The predicted octanol–water partition coefficient (Wildman–Crippen LogP) is 1.82. The molecular formula is C21H29N3O3. The molecule has 3 atom stereocenters. The number of methoxy groups -OCH3 is 1. The molecule has 0 saturated carbocycles. The van der Waals surface area contributed by atoms with Crippen LogP contribution in [0.2, 0.25) is 0 Å². The molecule has 0 aliphatic carbocycles. The lowest BCUT2D eigenvalue weighted by Gasteiger charge is -2.46. The quantitative estimate of drug-likeness (QED) is 0.877. The van der Waals surface area contributed by atoms with Crippen molar-refractivity contribution >= 4 is 11.8 Å². The van der Waals surface area contributed by atoms with E-state index in [1.54, 1.807) is 12.0 Å². The van der Waals surface area contributed by atoms with Crippen molar-refractivity contribution in [3.05, 3.63) is 29.8 Å². The van der Waals surface area contributed by atoms with E-state index in [0.717, 1.165) is 30.9 Å². The number of amides is 2. The van der Waals surface area contributed by atoms with Gasteiger partial charge in [-0.15, -0.1) is 0 Å². The molecule has 2 bridgehead atoms. The molecule has 6 heteroatoms. The van der Waals surface area contributed by atoms with E-state index in [0.29, 0.717) is 18.8 Å². The first-order chi connectivity index (χ1) is 13.1. The Morgan fingerprint density at radius 2 is 1.85 bits per heavy atom. The number of carbonyl (C=O) groups is 2. The van der Waals surface area contributed by atoms with E-state index in [2.05, 4.69) is 10.2 Å². The van der Waals surface area contributed by atoms with Crippen LogP contribution in [0.1, 0.15) is 37.3 Å². The Bertz CT molecular complexity index is 697. The van der Waals surface area contributed by atoms with Crippen molar-refractivity contribution in [3.63, 3.8) is 0 Å². The molecule has 6 nitrogen and oxygen atoms in total. The first-order valence-corrected chi connectivity index (χ1v) is 9.99. The molecule has 1 aromatic rings. The van der Waals surface area contributed by atoms with Gasteiger partial charge in [0.15, 0.2) is 0 Å². The maximum Gasteiger partial charge on any atom is 0.225 e. The molecule has 1 N–H and O–H groups in total. The Morgan fingerprint density at radius 1 is 1.15 bits per heavy atom. The number of fused-ring (bicyclic) bond motifs is 3. The minimum Gasteiger partial charge on any atom is -0.497 e. The average molecular weight is 371 g/mol. The number of nitrogens with one attached hydrogen (secondary N) is 1. The zero-order valence-electron chi connectivity index (χ0n) is 16.2. The first-order valence-electron chi connectivity index (χ1n) is 9.99. The number of carbonyl (C=O) groups excluding carboxylic acids is 2. The number of ether oxygens (including phenoxy) is 1. The minimum atomic E-state index is -0.224. The van der Waals surface area contributed by atoms with Gasteiger partial charge in [-0.05, 0) is 56.0 Å². The molecular weight excluding hydrogens is 342 g/mol. The van der Waals surface area contributed by atoms with Crippen LogP contribution in [0.3, 0.4) is 0 Å². The monoisotopic (exact) mass is 371 g/mol. The normalized spacial score (nSPS) is 33.0. The fraction of sp³-hybridized carbons (Fsp3) is 0.619. The SMILES string of the molecule is COc1ccc(C2C(C(=O)NC3CN4CCC3CC4)CCC(=O)N2C)cc1. The highest BCUT2D eigenvalue weighted by molar-refractivity contribution is 5.85. The molecule has 146 valence electrons. The average Bonchev–Trinajstić information content (AvgIpc) is 2.71. The number of piperidine rings is 4. The molecule has 5 rings (SSSR count). The summed E-state index contributed by atoms with van der Waals surface area (Å²) in [5.41, 5.74) is 0.986. The molecule has 0 radical (unpaired) electrons. The number of hydrogen-bond donors (Lipinski definition) is 1. The van der Waals surface area contributed by atoms with E-state index < -0.39 is 0 Å². The van der Waals surface area contributed by atoms with Gasteiger partial charge in [0.1, 0.15) is 5.75 Å². The molecule has 27 heavy (non-hydrogen) atoms. The molecule has 4 heterocycles. The number of rotatable bonds is 4. The first kappa shape index (κ1) is 18.3. The van der Waals surface area contributed by atoms with Gasteiger partial charge in [0, 0.05) is 26.1 Å².